The molecular weight excluding hydrogens is 446 g/mol. The van der Waals surface area contributed by atoms with Gasteiger partial charge in [-0.25, -0.2) is 8.42 Å². The fraction of sp³-hybridized carbons (Fsp3) is 0.174. The van der Waals surface area contributed by atoms with Crippen molar-refractivity contribution in [1.29, 1.82) is 0 Å². The topological polar surface area (TPSA) is 128 Å². The molecule has 10 heteroatoms. The van der Waals surface area contributed by atoms with Gasteiger partial charge in [-0.2, -0.15) is 0 Å². The molecule has 0 spiro atoms. The summed E-state index contributed by atoms with van der Waals surface area (Å²) in [7, 11) is -3.79. The number of nitrogens with one attached hydrogen (secondary N) is 2. The second-order valence-corrected chi connectivity index (χ2v) is 9.10. The summed E-state index contributed by atoms with van der Waals surface area (Å²) in [6.07, 6.45) is 0. The van der Waals surface area contributed by atoms with Crippen molar-refractivity contribution in [2.45, 2.75) is 25.7 Å². The first kappa shape index (κ1) is 23.7. The summed E-state index contributed by atoms with van der Waals surface area (Å²) in [5, 5.41) is 13.6. The number of benzene rings is 3. The number of nitro benzene ring substituents is 1. The van der Waals surface area contributed by atoms with Crippen molar-refractivity contribution >= 4 is 33.0 Å². The molecule has 172 valence electrons. The maximum absolute atomic E-state index is 12.6. The largest absolute Gasteiger partial charge is 0.484 e. The number of nitro groups is 1. The Morgan fingerprint density at radius 3 is 2.33 bits per heavy atom. The maximum Gasteiger partial charge on any atom is 0.274 e. The lowest BCUT2D eigenvalue weighted by Gasteiger charge is -2.11. The van der Waals surface area contributed by atoms with Gasteiger partial charge in [0.1, 0.15) is 5.75 Å². The number of sulfonamides is 1. The SMILES string of the molecule is Cc1ccc(NS(=O)(=O)c2ccc(OCC(=O)Nc3cccc([N+](=O)[O-])c3C)cc2)cc1C. The van der Waals surface area contributed by atoms with Gasteiger partial charge in [0.25, 0.3) is 21.6 Å². The van der Waals surface area contributed by atoms with Crippen LogP contribution in [0.3, 0.4) is 0 Å². The molecule has 0 atom stereocenters. The average Bonchev–Trinajstić information content (AvgIpc) is 2.76. The summed E-state index contributed by atoms with van der Waals surface area (Å²) in [6.45, 7) is 5.03. The van der Waals surface area contributed by atoms with E-state index in [1.54, 1.807) is 25.1 Å². The lowest BCUT2D eigenvalue weighted by molar-refractivity contribution is -0.385. The normalized spacial score (nSPS) is 11.0. The zero-order chi connectivity index (χ0) is 24.2. The molecule has 0 aliphatic carbocycles. The Balaban J connectivity index is 1.61. The minimum absolute atomic E-state index is 0.0461. The summed E-state index contributed by atoms with van der Waals surface area (Å²) < 4.78 is 33.2. The molecule has 3 aromatic carbocycles. The van der Waals surface area contributed by atoms with Gasteiger partial charge in [0.2, 0.25) is 0 Å². The Morgan fingerprint density at radius 1 is 1.00 bits per heavy atom. The van der Waals surface area contributed by atoms with E-state index in [9.17, 15) is 23.3 Å². The molecule has 0 bridgehead atoms. The van der Waals surface area contributed by atoms with Crippen LogP contribution in [0.4, 0.5) is 17.1 Å². The highest BCUT2D eigenvalue weighted by Gasteiger charge is 2.16. The molecule has 0 heterocycles. The van der Waals surface area contributed by atoms with Gasteiger partial charge in [0.15, 0.2) is 6.61 Å². The lowest BCUT2D eigenvalue weighted by atomic mass is 10.1. The quantitative estimate of drug-likeness (QED) is 0.373. The van der Waals surface area contributed by atoms with Crippen molar-refractivity contribution < 1.29 is 22.9 Å². The van der Waals surface area contributed by atoms with Gasteiger partial charge in [0.05, 0.1) is 21.1 Å². The van der Waals surface area contributed by atoms with Crippen LogP contribution in [0, 0.1) is 30.9 Å². The Bertz CT molecular complexity index is 1300. The van der Waals surface area contributed by atoms with Crippen molar-refractivity contribution in [3.8, 4) is 5.75 Å². The van der Waals surface area contributed by atoms with Crippen LogP contribution in [-0.2, 0) is 14.8 Å². The predicted octanol–water partition coefficient (Wildman–Crippen LogP) is 4.34. The Labute approximate surface area is 191 Å². The molecule has 9 nitrogen and oxygen atoms in total. The molecule has 0 aliphatic heterocycles. The third-order valence-electron chi connectivity index (χ3n) is 5.04. The Morgan fingerprint density at radius 2 is 1.70 bits per heavy atom. The van der Waals surface area contributed by atoms with Gasteiger partial charge >= 0.3 is 0 Å². The van der Waals surface area contributed by atoms with Crippen LogP contribution in [0.25, 0.3) is 0 Å². The van der Waals surface area contributed by atoms with Crippen LogP contribution in [0.5, 0.6) is 5.75 Å². The van der Waals surface area contributed by atoms with Crippen LogP contribution < -0.4 is 14.8 Å². The van der Waals surface area contributed by atoms with E-state index < -0.39 is 20.9 Å². The second-order valence-electron chi connectivity index (χ2n) is 7.42. The molecule has 0 aromatic heterocycles. The number of rotatable bonds is 8. The molecule has 0 unspecified atom stereocenters. The van der Waals surface area contributed by atoms with Gasteiger partial charge in [-0.3, -0.25) is 19.6 Å². The highest BCUT2D eigenvalue weighted by molar-refractivity contribution is 7.92. The highest BCUT2D eigenvalue weighted by atomic mass is 32.2. The summed E-state index contributed by atoms with van der Waals surface area (Å²) in [5.74, 6) is -0.210. The van der Waals surface area contributed by atoms with Crippen molar-refractivity contribution in [3.63, 3.8) is 0 Å². The molecule has 0 fully saturated rings. The smallest absolute Gasteiger partial charge is 0.274 e. The van der Waals surface area contributed by atoms with E-state index in [0.29, 0.717) is 22.7 Å². The first-order valence-corrected chi connectivity index (χ1v) is 11.4. The minimum atomic E-state index is -3.79. The molecular formula is C23H23N3O6S. The van der Waals surface area contributed by atoms with Gasteiger partial charge in [-0.1, -0.05) is 12.1 Å². The zero-order valence-corrected chi connectivity index (χ0v) is 19.1. The monoisotopic (exact) mass is 469 g/mol. The summed E-state index contributed by atoms with van der Waals surface area (Å²) in [5.41, 5.74) is 3.05. The number of anilines is 2. The van der Waals surface area contributed by atoms with E-state index in [4.69, 9.17) is 4.74 Å². The second kappa shape index (κ2) is 9.70. The summed E-state index contributed by atoms with van der Waals surface area (Å²) >= 11 is 0. The van der Waals surface area contributed by atoms with Crippen molar-refractivity contribution in [1.82, 2.24) is 0 Å². The molecule has 0 saturated heterocycles. The van der Waals surface area contributed by atoms with E-state index >= 15 is 0 Å². The van der Waals surface area contributed by atoms with E-state index in [1.165, 1.54) is 36.4 Å². The average molecular weight is 470 g/mol. The van der Waals surface area contributed by atoms with Crippen LogP contribution >= 0.6 is 0 Å². The third kappa shape index (κ3) is 5.86. The van der Waals surface area contributed by atoms with Crippen molar-refractivity contribution in [2.75, 3.05) is 16.6 Å². The van der Waals surface area contributed by atoms with E-state index in [-0.39, 0.29) is 17.2 Å². The van der Waals surface area contributed by atoms with Crippen LogP contribution in [0.1, 0.15) is 16.7 Å². The first-order chi connectivity index (χ1) is 15.6. The number of nitrogens with zero attached hydrogens (tertiary/aromatic N) is 1. The molecule has 3 rings (SSSR count). The standard InChI is InChI=1S/C23H23N3O6S/c1-15-7-8-18(13-16(15)2)25-33(30,31)20-11-9-19(10-12-20)32-14-23(27)24-21-5-4-6-22(17(21)3)26(28)29/h4-13,25H,14H2,1-3H3,(H,24,27). The predicted molar refractivity (Wildman–Crippen MR) is 125 cm³/mol. The van der Waals surface area contributed by atoms with Crippen LogP contribution in [0.15, 0.2) is 65.6 Å². The van der Waals surface area contributed by atoms with E-state index in [1.807, 2.05) is 19.9 Å². The molecule has 2 N–H and O–H groups in total. The van der Waals surface area contributed by atoms with Crippen molar-refractivity contribution in [2.24, 2.45) is 0 Å². The van der Waals surface area contributed by atoms with Gasteiger partial charge in [-0.05, 0) is 74.4 Å². The van der Waals surface area contributed by atoms with Gasteiger partial charge < -0.3 is 10.1 Å². The summed E-state index contributed by atoms with van der Waals surface area (Å²) in [4.78, 5) is 22.7. The lowest BCUT2D eigenvalue weighted by Crippen LogP contribution is -2.21. The minimum Gasteiger partial charge on any atom is -0.484 e. The Kier molecular flexibility index (Phi) is 6.98. The number of carbonyl (C=O) groups is 1. The fourth-order valence-corrected chi connectivity index (χ4v) is 4.08. The first-order valence-electron chi connectivity index (χ1n) is 9.93. The molecule has 0 aliphatic rings. The highest BCUT2D eigenvalue weighted by Crippen LogP contribution is 2.25. The van der Waals surface area contributed by atoms with Crippen LogP contribution in [0.2, 0.25) is 0 Å². The molecule has 33 heavy (non-hydrogen) atoms. The molecule has 0 radical (unpaired) electrons. The van der Waals surface area contributed by atoms with Crippen molar-refractivity contribution in [3.05, 3.63) is 87.5 Å². The number of hydrogen-bond donors (Lipinski definition) is 2. The zero-order valence-electron chi connectivity index (χ0n) is 18.3. The van der Waals surface area contributed by atoms with Crippen LogP contribution in [-0.4, -0.2) is 25.9 Å². The van der Waals surface area contributed by atoms with Gasteiger partial charge in [0, 0.05) is 11.8 Å². The number of carbonyl (C=O) groups excluding carboxylic acids is 1. The molecule has 1 amide bonds. The summed E-state index contributed by atoms with van der Waals surface area (Å²) in [6, 6.07) is 15.3. The maximum atomic E-state index is 12.6. The number of ether oxygens (including phenoxy) is 1. The van der Waals surface area contributed by atoms with E-state index in [2.05, 4.69) is 10.0 Å². The fourth-order valence-electron chi connectivity index (χ4n) is 3.03. The number of aryl methyl sites for hydroxylation is 2. The third-order valence-corrected chi connectivity index (χ3v) is 6.44. The number of amides is 1. The molecule has 0 saturated carbocycles. The Hall–Kier alpha value is -3.92. The van der Waals surface area contributed by atoms with Gasteiger partial charge in [-0.15, -0.1) is 0 Å². The van der Waals surface area contributed by atoms with E-state index in [0.717, 1.165) is 11.1 Å². The number of hydrogen-bond acceptors (Lipinski definition) is 6. The molecule has 3 aromatic rings.